The summed E-state index contributed by atoms with van der Waals surface area (Å²) in [6, 6.07) is 3.93. The lowest BCUT2D eigenvalue weighted by Crippen LogP contribution is -2.05. The first-order chi connectivity index (χ1) is 7.15. The van der Waals surface area contributed by atoms with Gasteiger partial charge < -0.3 is 11.1 Å². The molecular weight excluding hydrogens is 184 g/mol. The standard InChI is InChI=1S/C13H18N2/c1-10-8-12(14)9-11(2)13(10)6-4-5-7-15-3/h8-9,15H,5,7,14H2,1-3H3. The summed E-state index contributed by atoms with van der Waals surface area (Å²) in [5.74, 6) is 6.35. The van der Waals surface area contributed by atoms with E-state index in [0.29, 0.717) is 0 Å². The summed E-state index contributed by atoms with van der Waals surface area (Å²) >= 11 is 0. The van der Waals surface area contributed by atoms with Gasteiger partial charge in [-0.15, -0.1) is 0 Å². The van der Waals surface area contributed by atoms with Crippen LogP contribution in [0.3, 0.4) is 0 Å². The molecule has 0 fully saturated rings. The maximum absolute atomic E-state index is 5.75. The average Bonchev–Trinajstić information content (AvgIpc) is 2.15. The molecule has 2 nitrogen and oxygen atoms in total. The third kappa shape index (κ3) is 3.30. The van der Waals surface area contributed by atoms with Crippen molar-refractivity contribution >= 4 is 5.69 Å². The van der Waals surface area contributed by atoms with E-state index in [0.717, 1.165) is 35.3 Å². The molecule has 0 aromatic heterocycles. The van der Waals surface area contributed by atoms with Crippen molar-refractivity contribution in [3.05, 3.63) is 28.8 Å². The molecule has 0 bridgehead atoms. The lowest BCUT2D eigenvalue weighted by Gasteiger charge is -2.04. The molecule has 0 radical (unpaired) electrons. The Kier molecular flexibility index (Phi) is 4.20. The molecule has 1 aromatic rings. The molecule has 0 atom stereocenters. The molecule has 1 rings (SSSR count). The molecule has 0 aliphatic rings. The third-order valence-electron chi connectivity index (χ3n) is 2.27. The smallest absolute Gasteiger partial charge is 0.0320 e. The number of nitrogens with two attached hydrogens (primary N) is 1. The van der Waals surface area contributed by atoms with Crippen molar-refractivity contribution in [1.29, 1.82) is 0 Å². The Hall–Kier alpha value is -1.46. The predicted octanol–water partition coefficient (Wildman–Crippen LogP) is 1.85. The number of hydrogen-bond donors (Lipinski definition) is 2. The molecule has 2 heteroatoms. The van der Waals surface area contributed by atoms with E-state index in [2.05, 4.69) is 17.2 Å². The minimum atomic E-state index is 0.811. The first-order valence-electron chi connectivity index (χ1n) is 5.15. The van der Waals surface area contributed by atoms with Crippen molar-refractivity contribution in [1.82, 2.24) is 5.32 Å². The van der Waals surface area contributed by atoms with Gasteiger partial charge in [-0.05, 0) is 44.2 Å². The summed E-state index contributed by atoms with van der Waals surface area (Å²) in [5, 5.41) is 3.07. The zero-order valence-electron chi connectivity index (χ0n) is 9.65. The molecule has 80 valence electrons. The van der Waals surface area contributed by atoms with Gasteiger partial charge in [0.25, 0.3) is 0 Å². The van der Waals surface area contributed by atoms with Gasteiger partial charge in [-0.3, -0.25) is 0 Å². The normalized spacial score (nSPS) is 9.53. The van der Waals surface area contributed by atoms with Crippen molar-refractivity contribution in [2.75, 3.05) is 19.3 Å². The Morgan fingerprint density at radius 2 is 1.87 bits per heavy atom. The summed E-state index contributed by atoms with van der Waals surface area (Å²) in [6.45, 7) is 5.02. The first kappa shape index (κ1) is 11.6. The van der Waals surface area contributed by atoms with Crippen LogP contribution in [-0.2, 0) is 0 Å². The molecule has 0 aliphatic carbocycles. The molecule has 0 saturated heterocycles. The van der Waals surface area contributed by atoms with E-state index in [1.807, 2.05) is 33.0 Å². The lowest BCUT2D eigenvalue weighted by atomic mass is 10.0. The van der Waals surface area contributed by atoms with Gasteiger partial charge >= 0.3 is 0 Å². The molecule has 15 heavy (non-hydrogen) atoms. The van der Waals surface area contributed by atoms with Crippen LogP contribution in [0, 0.1) is 25.7 Å². The molecule has 0 amide bonds. The van der Waals surface area contributed by atoms with Gasteiger partial charge in [0.1, 0.15) is 0 Å². The fourth-order valence-corrected chi connectivity index (χ4v) is 1.53. The highest BCUT2D eigenvalue weighted by atomic mass is 14.8. The Labute approximate surface area is 91.9 Å². The maximum Gasteiger partial charge on any atom is 0.0320 e. The molecule has 0 heterocycles. The summed E-state index contributed by atoms with van der Waals surface area (Å²) in [6.07, 6.45) is 0.875. The van der Waals surface area contributed by atoms with E-state index in [4.69, 9.17) is 5.73 Å². The highest BCUT2D eigenvalue weighted by molar-refractivity contribution is 5.54. The summed E-state index contributed by atoms with van der Waals surface area (Å²) in [7, 11) is 1.93. The fourth-order valence-electron chi connectivity index (χ4n) is 1.53. The molecule has 1 aromatic carbocycles. The van der Waals surface area contributed by atoms with Gasteiger partial charge in [0, 0.05) is 24.2 Å². The van der Waals surface area contributed by atoms with Crippen LogP contribution in [0.4, 0.5) is 5.69 Å². The van der Waals surface area contributed by atoms with Gasteiger partial charge in [0.05, 0.1) is 0 Å². The zero-order chi connectivity index (χ0) is 11.3. The Morgan fingerprint density at radius 3 is 2.40 bits per heavy atom. The zero-order valence-corrected chi connectivity index (χ0v) is 9.65. The van der Waals surface area contributed by atoms with Crippen molar-refractivity contribution in [3.8, 4) is 11.8 Å². The van der Waals surface area contributed by atoms with E-state index in [9.17, 15) is 0 Å². The van der Waals surface area contributed by atoms with Gasteiger partial charge in [-0.25, -0.2) is 0 Å². The van der Waals surface area contributed by atoms with Gasteiger partial charge in [-0.1, -0.05) is 11.8 Å². The fraction of sp³-hybridized carbons (Fsp3) is 0.385. The number of rotatable bonds is 2. The van der Waals surface area contributed by atoms with Crippen molar-refractivity contribution < 1.29 is 0 Å². The number of anilines is 1. The second kappa shape index (κ2) is 5.43. The van der Waals surface area contributed by atoms with Crippen molar-refractivity contribution in [3.63, 3.8) is 0 Å². The van der Waals surface area contributed by atoms with Crippen LogP contribution in [0.1, 0.15) is 23.1 Å². The van der Waals surface area contributed by atoms with E-state index in [1.165, 1.54) is 0 Å². The predicted molar refractivity (Wildman–Crippen MR) is 65.8 cm³/mol. The Balaban J connectivity index is 2.88. The van der Waals surface area contributed by atoms with Crippen LogP contribution in [0.15, 0.2) is 12.1 Å². The quantitative estimate of drug-likeness (QED) is 0.436. The molecule has 0 spiro atoms. The van der Waals surface area contributed by atoms with Gasteiger partial charge in [0.15, 0.2) is 0 Å². The number of nitrogen functional groups attached to an aromatic ring is 1. The topological polar surface area (TPSA) is 38.0 Å². The van der Waals surface area contributed by atoms with Crippen LogP contribution in [0.25, 0.3) is 0 Å². The third-order valence-corrected chi connectivity index (χ3v) is 2.27. The highest BCUT2D eigenvalue weighted by Crippen LogP contribution is 2.16. The lowest BCUT2D eigenvalue weighted by molar-refractivity contribution is 0.818. The number of nitrogens with one attached hydrogen (secondary N) is 1. The Morgan fingerprint density at radius 1 is 1.27 bits per heavy atom. The maximum atomic E-state index is 5.75. The molecule has 3 N–H and O–H groups in total. The number of aryl methyl sites for hydroxylation is 2. The second-order valence-electron chi connectivity index (χ2n) is 3.69. The number of benzene rings is 1. The van der Waals surface area contributed by atoms with Crippen molar-refractivity contribution in [2.45, 2.75) is 20.3 Å². The largest absolute Gasteiger partial charge is 0.399 e. The van der Waals surface area contributed by atoms with Crippen LogP contribution in [0.5, 0.6) is 0 Å². The van der Waals surface area contributed by atoms with Gasteiger partial charge in [0.2, 0.25) is 0 Å². The van der Waals surface area contributed by atoms with E-state index in [1.54, 1.807) is 0 Å². The molecular formula is C13H18N2. The molecule has 0 saturated carbocycles. The monoisotopic (exact) mass is 202 g/mol. The van der Waals surface area contributed by atoms with Gasteiger partial charge in [-0.2, -0.15) is 0 Å². The van der Waals surface area contributed by atoms with E-state index >= 15 is 0 Å². The summed E-state index contributed by atoms with van der Waals surface area (Å²) in [4.78, 5) is 0. The minimum Gasteiger partial charge on any atom is -0.399 e. The van der Waals surface area contributed by atoms with Crippen LogP contribution in [0.2, 0.25) is 0 Å². The number of hydrogen-bond acceptors (Lipinski definition) is 2. The van der Waals surface area contributed by atoms with Crippen molar-refractivity contribution in [2.24, 2.45) is 0 Å². The summed E-state index contributed by atoms with van der Waals surface area (Å²) in [5.41, 5.74) is 9.98. The highest BCUT2D eigenvalue weighted by Gasteiger charge is 2.00. The van der Waals surface area contributed by atoms with Crippen LogP contribution >= 0.6 is 0 Å². The summed E-state index contributed by atoms with van der Waals surface area (Å²) < 4.78 is 0. The molecule has 0 unspecified atom stereocenters. The first-order valence-corrected chi connectivity index (χ1v) is 5.15. The van der Waals surface area contributed by atoms with Crippen LogP contribution in [-0.4, -0.2) is 13.6 Å². The minimum absolute atomic E-state index is 0.811. The Bertz CT molecular complexity index is 374. The second-order valence-corrected chi connectivity index (χ2v) is 3.69. The van der Waals surface area contributed by atoms with E-state index in [-0.39, 0.29) is 0 Å². The average molecular weight is 202 g/mol. The van der Waals surface area contributed by atoms with E-state index < -0.39 is 0 Å². The molecule has 0 aliphatic heterocycles. The SMILES string of the molecule is CNCCC#Cc1c(C)cc(N)cc1C. The van der Waals surface area contributed by atoms with Crippen LogP contribution < -0.4 is 11.1 Å².